The monoisotopic (exact) mass is 483 g/mol. The van der Waals surface area contributed by atoms with Crippen molar-refractivity contribution in [2.24, 2.45) is 21.4 Å². The van der Waals surface area contributed by atoms with Crippen LogP contribution >= 0.6 is 11.6 Å². The molecule has 8 nitrogen and oxygen atoms in total. The number of nitro benzene ring substituents is 1. The molecule has 0 saturated heterocycles. The Morgan fingerprint density at radius 2 is 1.79 bits per heavy atom. The Bertz CT molecular complexity index is 1220. The summed E-state index contributed by atoms with van der Waals surface area (Å²) in [6.45, 7) is 8.08. The average molecular weight is 484 g/mol. The van der Waals surface area contributed by atoms with Crippen molar-refractivity contribution >= 4 is 40.6 Å². The number of fused-ring (bicyclic) bond motifs is 2. The van der Waals surface area contributed by atoms with Crippen molar-refractivity contribution in [2.45, 2.75) is 47.0 Å². The lowest BCUT2D eigenvalue weighted by Crippen LogP contribution is -2.43. The Kier molecular flexibility index (Phi) is 5.76. The molecule has 1 N–H and O–H groups in total. The van der Waals surface area contributed by atoms with Crippen LogP contribution in [0.4, 0.5) is 11.4 Å². The lowest BCUT2D eigenvalue weighted by Gasteiger charge is -2.39. The number of nitrogens with zero attached hydrogens (tertiary/aromatic N) is 2. The number of halogens is 1. The minimum absolute atomic E-state index is 0.0986. The van der Waals surface area contributed by atoms with Gasteiger partial charge >= 0.3 is 5.97 Å². The second-order valence-corrected chi connectivity index (χ2v) is 10.3. The lowest BCUT2D eigenvalue weighted by atomic mass is 9.64. The van der Waals surface area contributed by atoms with Gasteiger partial charge in [0.1, 0.15) is 0 Å². The van der Waals surface area contributed by atoms with E-state index in [1.807, 2.05) is 13.0 Å². The molecule has 2 aliphatic rings. The third-order valence-electron chi connectivity index (χ3n) is 8.17. The zero-order valence-corrected chi connectivity index (χ0v) is 20.2. The number of amides is 1. The van der Waals surface area contributed by atoms with Gasteiger partial charge in [-0.2, -0.15) is 0 Å². The first-order chi connectivity index (χ1) is 15.9. The van der Waals surface area contributed by atoms with Crippen molar-refractivity contribution in [1.82, 2.24) is 0 Å². The summed E-state index contributed by atoms with van der Waals surface area (Å²) in [6.07, 6.45) is 1.79. The Morgan fingerprint density at radius 3 is 2.44 bits per heavy atom. The maximum Gasteiger partial charge on any atom is 0.365 e. The topological polar surface area (TPSA) is 111 Å². The zero-order valence-electron chi connectivity index (χ0n) is 19.5. The molecule has 0 spiro atoms. The fourth-order valence-electron chi connectivity index (χ4n) is 5.36. The van der Waals surface area contributed by atoms with Crippen molar-refractivity contribution < 1.29 is 19.3 Å². The van der Waals surface area contributed by atoms with Gasteiger partial charge in [-0.3, -0.25) is 14.9 Å². The van der Waals surface area contributed by atoms with Crippen LogP contribution in [0.1, 0.15) is 56.0 Å². The molecule has 2 saturated carbocycles. The largest absolute Gasteiger partial charge is 0.365 e. The number of non-ortho nitro benzene ring substituents is 1. The van der Waals surface area contributed by atoms with Crippen molar-refractivity contribution in [3.05, 3.63) is 68.7 Å². The van der Waals surface area contributed by atoms with Gasteiger partial charge in [0.05, 0.1) is 21.6 Å². The summed E-state index contributed by atoms with van der Waals surface area (Å²) in [5.74, 6) is -0.807. The molecular weight excluding hydrogens is 458 g/mol. The van der Waals surface area contributed by atoms with Gasteiger partial charge in [-0.15, -0.1) is 0 Å². The molecule has 2 unspecified atom stereocenters. The Hall–Kier alpha value is -3.26. The predicted octanol–water partition coefficient (Wildman–Crippen LogP) is 5.92. The fraction of sp³-hybridized carbons (Fsp3) is 0.400. The number of carbonyl (C=O) groups is 2. The maximum absolute atomic E-state index is 13.6. The molecule has 0 radical (unpaired) electrons. The van der Waals surface area contributed by atoms with E-state index in [0.717, 1.165) is 12.0 Å². The third kappa shape index (κ3) is 3.57. The molecule has 0 aliphatic heterocycles. The molecule has 178 valence electrons. The van der Waals surface area contributed by atoms with Crippen molar-refractivity contribution in [2.75, 3.05) is 5.32 Å². The van der Waals surface area contributed by atoms with Gasteiger partial charge < -0.3 is 10.2 Å². The highest BCUT2D eigenvalue weighted by Crippen LogP contribution is 2.71. The smallest absolute Gasteiger partial charge is 0.325 e. The predicted molar refractivity (Wildman–Crippen MR) is 129 cm³/mol. The van der Waals surface area contributed by atoms with E-state index in [0.29, 0.717) is 29.3 Å². The average Bonchev–Trinajstić information content (AvgIpc) is 3.10. The van der Waals surface area contributed by atoms with Gasteiger partial charge in [-0.05, 0) is 55.0 Å². The van der Waals surface area contributed by atoms with Crippen LogP contribution in [0.2, 0.25) is 5.02 Å². The molecule has 2 fully saturated rings. The van der Waals surface area contributed by atoms with Crippen LogP contribution in [0.3, 0.4) is 0 Å². The first kappa shape index (κ1) is 23.9. The summed E-state index contributed by atoms with van der Waals surface area (Å²) in [7, 11) is 0. The minimum atomic E-state index is -0.713. The number of carbonyl (C=O) groups excluding carboxylic acids is 2. The van der Waals surface area contributed by atoms with E-state index in [1.165, 1.54) is 24.3 Å². The maximum atomic E-state index is 13.6. The molecule has 2 aliphatic carbocycles. The summed E-state index contributed by atoms with van der Waals surface area (Å²) >= 11 is 6.13. The number of hydrogen-bond acceptors (Lipinski definition) is 6. The summed E-state index contributed by atoms with van der Waals surface area (Å²) < 4.78 is 0. The quantitative estimate of drug-likeness (QED) is 0.322. The second kappa shape index (κ2) is 8.20. The van der Waals surface area contributed by atoms with E-state index in [2.05, 4.69) is 31.2 Å². The van der Waals surface area contributed by atoms with Crippen molar-refractivity contribution in [3.63, 3.8) is 0 Å². The first-order valence-corrected chi connectivity index (χ1v) is 11.4. The number of anilines is 1. The van der Waals surface area contributed by atoms with E-state index in [9.17, 15) is 19.7 Å². The Balaban J connectivity index is 1.57. The minimum Gasteiger partial charge on any atom is -0.325 e. The zero-order chi connectivity index (χ0) is 24.9. The van der Waals surface area contributed by atoms with Crippen LogP contribution in [-0.2, 0) is 9.63 Å². The van der Waals surface area contributed by atoms with E-state index in [4.69, 9.17) is 16.4 Å². The van der Waals surface area contributed by atoms with Crippen molar-refractivity contribution in [3.8, 4) is 0 Å². The van der Waals surface area contributed by atoms with E-state index in [1.54, 1.807) is 12.1 Å². The number of nitrogens with one attached hydrogen (secondary N) is 1. The number of benzene rings is 2. The van der Waals surface area contributed by atoms with Crippen LogP contribution in [0, 0.1) is 33.3 Å². The first-order valence-electron chi connectivity index (χ1n) is 11.0. The normalized spacial score (nSPS) is 25.9. The molecule has 2 aromatic carbocycles. The van der Waals surface area contributed by atoms with Crippen LogP contribution in [0.15, 0.2) is 47.6 Å². The SMILES string of the molecule is Cc1ccc(Cl)cc1NC(=O)C12CCC(C)(C(=NOC(=O)c3ccc([N+](=O)[O-])cc3)C1)C2(C)C. The number of oxime groups is 1. The fourth-order valence-corrected chi connectivity index (χ4v) is 5.53. The molecule has 2 bridgehead atoms. The molecule has 0 aromatic heterocycles. The molecule has 34 heavy (non-hydrogen) atoms. The highest BCUT2D eigenvalue weighted by Gasteiger charge is 2.71. The van der Waals surface area contributed by atoms with Crippen LogP contribution in [0.25, 0.3) is 0 Å². The summed E-state index contributed by atoms with van der Waals surface area (Å²) in [5, 5.41) is 18.6. The molecule has 2 aromatic rings. The molecular formula is C25H26ClN3O5. The molecule has 2 atom stereocenters. The summed E-state index contributed by atoms with van der Waals surface area (Å²) in [4.78, 5) is 41.6. The molecule has 0 heterocycles. The van der Waals surface area contributed by atoms with Crippen LogP contribution < -0.4 is 5.32 Å². The number of nitro groups is 1. The van der Waals surface area contributed by atoms with Gasteiger partial charge in [0.15, 0.2) is 0 Å². The van der Waals surface area contributed by atoms with Crippen LogP contribution in [0.5, 0.6) is 0 Å². The van der Waals surface area contributed by atoms with Gasteiger partial charge in [-0.1, -0.05) is 43.6 Å². The lowest BCUT2D eigenvalue weighted by molar-refractivity contribution is -0.384. The Labute approximate surface area is 202 Å². The van der Waals surface area contributed by atoms with E-state index in [-0.39, 0.29) is 17.2 Å². The van der Waals surface area contributed by atoms with Crippen LogP contribution in [-0.4, -0.2) is 22.5 Å². The van der Waals surface area contributed by atoms with Gasteiger partial charge in [0, 0.05) is 34.7 Å². The second-order valence-electron chi connectivity index (χ2n) is 9.85. The van der Waals surface area contributed by atoms with Crippen molar-refractivity contribution in [1.29, 1.82) is 0 Å². The highest BCUT2D eigenvalue weighted by atomic mass is 35.5. The summed E-state index contributed by atoms with van der Waals surface area (Å²) in [5.41, 5.74) is 0.715. The molecule has 9 heteroatoms. The third-order valence-corrected chi connectivity index (χ3v) is 8.40. The Morgan fingerprint density at radius 1 is 1.12 bits per heavy atom. The van der Waals surface area contributed by atoms with Gasteiger partial charge in [0.25, 0.3) is 5.69 Å². The van der Waals surface area contributed by atoms with E-state index < -0.39 is 27.1 Å². The van der Waals surface area contributed by atoms with E-state index >= 15 is 0 Å². The van der Waals surface area contributed by atoms with Gasteiger partial charge in [0.2, 0.25) is 5.91 Å². The molecule has 4 rings (SSSR count). The summed E-state index contributed by atoms with van der Waals surface area (Å²) in [6, 6.07) is 10.5. The standard InChI is InChI=1S/C25H26ClN3O5/c1-15-5-8-17(26)13-19(15)27-22(31)25-12-11-24(4,23(25,2)3)20(14-25)28-34-21(30)16-6-9-18(10-7-16)29(32)33/h5-10,13H,11-12,14H2,1-4H3,(H,27,31). The number of hydrogen-bond donors (Lipinski definition) is 1. The number of aryl methyl sites for hydroxylation is 1. The van der Waals surface area contributed by atoms with Gasteiger partial charge in [-0.25, -0.2) is 4.79 Å². The highest BCUT2D eigenvalue weighted by molar-refractivity contribution is 6.31. The molecule has 1 amide bonds. The number of rotatable bonds is 5.